The number of para-hydroxylation sites is 3. The summed E-state index contributed by atoms with van der Waals surface area (Å²) >= 11 is 0. The van der Waals surface area contributed by atoms with Crippen LogP contribution in [0.1, 0.15) is 0 Å². The number of benzene rings is 4. The van der Waals surface area contributed by atoms with Crippen molar-refractivity contribution in [3.8, 4) is 16.8 Å². The highest BCUT2D eigenvalue weighted by atomic mass is 15.3. The molecule has 1 aromatic heterocycles. The van der Waals surface area contributed by atoms with Crippen molar-refractivity contribution < 1.29 is 0 Å². The molecule has 0 saturated carbocycles. The Morgan fingerprint density at radius 2 is 1.14 bits per heavy atom. The molecule has 0 atom stereocenters. The van der Waals surface area contributed by atoms with Gasteiger partial charge in [-0.05, 0) is 30.3 Å². The topological polar surface area (TPSA) is 4.93 Å². The van der Waals surface area contributed by atoms with Gasteiger partial charge in [-0.3, -0.25) is 4.48 Å². The summed E-state index contributed by atoms with van der Waals surface area (Å²) in [5.41, 5.74) is 9.11. The molecule has 4 aromatic carbocycles. The van der Waals surface area contributed by atoms with E-state index in [1.807, 2.05) is 0 Å². The fraction of sp³-hybridized carbons (Fsp3) is 0.0769. The molecule has 2 nitrogen and oxygen atoms in total. The average molecular weight is 361 g/mol. The van der Waals surface area contributed by atoms with E-state index in [4.69, 9.17) is 0 Å². The fourth-order valence-electron chi connectivity index (χ4n) is 4.87. The molecule has 5 aromatic rings. The van der Waals surface area contributed by atoms with E-state index < -0.39 is 0 Å². The van der Waals surface area contributed by atoms with Gasteiger partial charge in [0.1, 0.15) is 11.4 Å². The molecule has 0 saturated heterocycles. The SMILES string of the molecule is C[N+]1(C)c2ccccc2-c2ccc(-n3c4ccccc4c4ccccc43)cc21. The minimum atomic E-state index is 0.774. The summed E-state index contributed by atoms with van der Waals surface area (Å²) in [6.45, 7) is 0. The van der Waals surface area contributed by atoms with Crippen LogP contribution in [0.15, 0.2) is 91.0 Å². The summed E-state index contributed by atoms with van der Waals surface area (Å²) < 4.78 is 3.17. The fourth-order valence-corrected chi connectivity index (χ4v) is 4.87. The lowest BCUT2D eigenvalue weighted by molar-refractivity contribution is 0.568. The number of hydrogen-bond donors (Lipinski definition) is 0. The lowest BCUT2D eigenvalue weighted by Gasteiger charge is -2.25. The molecular formula is C26H21N2+. The van der Waals surface area contributed by atoms with Crippen LogP contribution >= 0.6 is 0 Å². The monoisotopic (exact) mass is 361 g/mol. The molecule has 6 rings (SSSR count). The minimum Gasteiger partial charge on any atom is -0.309 e. The van der Waals surface area contributed by atoms with E-state index in [-0.39, 0.29) is 0 Å². The molecule has 1 aliphatic rings. The summed E-state index contributed by atoms with van der Waals surface area (Å²) in [4.78, 5) is 0. The summed E-state index contributed by atoms with van der Waals surface area (Å²) in [5, 5.41) is 2.60. The lowest BCUT2D eigenvalue weighted by Crippen LogP contribution is -2.32. The summed E-state index contributed by atoms with van der Waals surface area (Å²) in [7, 11) is 4.56. The first-order chi connectivity index (χ1) is 13.7. The van der Waals surface area contributed by atoms with Crippen molar-refractivity contribution in [3.63, 3.8) is 0 Å². The number of quaternary nitrogens is 1. The van der Waals surface area contributed by atoms with E-state index in [1.54, 1.807) is 0 Å². The van der Waals surface area contributed by atoms with Crippen molar-refractivity contribution in [3.05, 3.63) is 91.0 Å². The number of fused-ring (bicyclic) bond motifs is 6. The highest BCUT2D eigenvalue weighted by molar-refractivity contribution is 6.09. The normalized spacial score (nSPS) is 14.4. The van der Waals surface area contributed by atoms with Gasteiger partial charge in [0.2, 0.25) is 0 Å². The van der Waals surface area contributed by atoms with E-state index in [0.29, 0.717) is 0 Å². The van der Waals surface area contributed by atoms with Gasteiger partial charge < -0.3 is 4.57 Å². The molecule has 2 heterocycles. The zero-order chi connectivity index (χ0) is 18.9. The highest BCUT2D eigenvalue weighted by Crippen LogP contribution is 2.51. The van der Waals surface area contributed by atoms with Crippen LogP contribution in [-0.2, 0) is 0 Å². The molecule has 0 aliphatic carbocycles. The van der Waals surface area contributed by atoms with E-state index in [1.165, 1.54) is 50.0 Å². The first-order valence-corrected chi connectivity index (χ1v) is 9.73. The Labute approximate surface area is 164 Å². The van der Waals surface area contributed by atoms with Crippen molar-refractivity contribution in [1.82, 2.24) is 9.05 Å². The first-order valence-electron chi connectivity index (χ1n) is 9.73. The van der Waals surface area contributed by atoms with Crippen molar-refractivity contribution in [2.24, 2.45) is 0 Å². The molecule has 2 heteroatoms. The zero-order valence-corrected chi connectivity index (χ0v) is 16.1. The molecule has 0 spiro atoms. The molecule has 0 radical (unpaired) electrons. The van der Waals surface area contributed by atoms with Crippen LogP contribution in [0, 0.1) is 0 Å². The summed E-state index contributed by atoms with van der Waals surface area (Å²) in [5.74, 6) is 0. The maximum absolute atomic E-state index is 2.40. The van der Waals surface area contributed by atoms with E-state index >= 15 is 0 Å². The van der Waals surface area contributed by atoms with Crippen LogP contribution in [0.25, 0.3) is 38.6 Å². The zero-order valence-electron chi connectivity index (χ0n) is 16.1. The number of nitrogens with zero attached hydrogens (tertiary/aromatic N) is 2. The van der Waals surface area contributed by atoms with Crippen LogP contribution in [0.3, 0.4) is 0 Å². The minimum absolute atomic E-state index is 0.774. The van der Waals surface area contributed by atoms with Gasteiger partial charge in [-0.25, -0.2) is 0 Å². The Morgan fingerprint density at radius 1 is 0.571 bits per heavy atom. The second kappa shape index (κ2) is 5.34. The van der Waals surface area contributed by atoms with Crippen LogP contribution in [0.5, 0.6) is 0 Å². The molecule has 0 amide bonds. The molecule has 0 fully saturated rings. The van der Waals surface area contributed by atoms with E-state index in [9.17, 15) is 0 Å². The molecule has 134 valence electrons. The van der Waals surface area contributed by atoms with E-state index in [2.05, 4.69) is 110 Å². The Kier molecular flexibility index (Phi) is 2.99. The maximum atomic E-state index is 2.40. The maximum Gasteiger partial charge on any atom is 0.147 e. The van der Waals surface area contributed by atoms with Gasteiger partial charge in [0.15, 0.2) is 0 Å². The van der Waals surface area contributed by atoms with E-state index in [0.717, 1.165) is 4.48 Å². The molecule has 0 unspecified atom stereocenters. The highest BCUT2D eigenvalue weighted by Gasteiger charge is 2.37. The standard InChI is InChI=1S/C26H21N2/c1-28(2)25-14-8-5-11-21(25)22-16-15-18(17-26(22)28)27-23-12-6-3-9-19(23)20-10-4-7-13-24(20)27/h3-17H,1-2H3/q+1. The third kappa shape index (κ3) is 1.90. The van der Waals surface area contributed by atoms with Crippen LogP contribution in [0.2, 0.25) is 0 Å². The Balaban J connectivity index is 1.68. The Bertz CT molecular complexity index is 1340. The summed E-state index contributed by atoms with van der Waals surface area (Å²) in [6, 6.07) is 33.1. The average Bonchev–Trinajstić information content (AvgIpc) is 3.18. The predicted molar refractivity (Wildman–Crippen MR) is 120 cm³/mol. The first kappa shape index (κ1) is 15.7. The molecule has 1 aliphatic heterocycles. The van der Waals surface area contributed by atoms with Crippen molar-refractivity contribution in [2.45, 2.75) is 0 Å². The van der Waals surface area contributed by atoms with Gasteiger partial charge in [0.05, 0.1) is 30.8 Å². The Morgan fingerprint density at radius 3 is 1.86 bits per heavy atom. The number of aromatic nitrogens is 1. The lowest BCUT2D eigenvalue weighted by atomic mass is 10.1. The van der Waals surface area contributed by atoms with Gasteiger partial charge in [-0.15, -0.1) is 0 Å². The predicted octanol–water partition coefficient (Wildman–Crippen LogP) is 6.66. The molecule has 0 N–H and O–H groups in total. The quantitative estimate of drug-likeness (QED) is 0.294. The van der Waals surface area contributed by atoms with Gasteiger partial charge >= 0.3 is 0 Å². The third-order valence-electron chi connectivity index (χ3n) is 6.22. The van der Waals surface area contributed by atoms with Gasteiger partial charge in [0.25, 0.3) is 0 Å². The Hall–Kier alpha value is -3.36. The smallest absolute Gasteiger partial charge is 0.147 e. The number of rotatable bonds is 1. The molecule has 0 bridgehead atoms. The van der Waals surface area contributed by atoms with Gasteiger partial charge in [-0.2, -0.15) is 0 Å². The van der Waals surface area contributed by atoms with Gasteiger partial charge in [-0.1, -0.05) is 48.5 Å². The van der Waals surface area contributed by atoms with Crippen LogP contribution in [0.4, 0.5) is 11.4 Å². The molecule has 28 heavy (non-hydrogen) atoms. The second-order valence-corrected chi connectivity index (χ2v) is 8.04. The van der Waals surface area contributed by atoms with Crippen molar-refractivity contribution in [2.75, 3.05) is 14.1 Å². The molecular weight excluding hydrogens is 340 g/mol. The van der Waals surface area contributed by atoms with Crippen LogP contribution in [-0.4, -0.2) is 18.7 Å². The largest absolute Gasteiger partial charge is 0.309 e. The third-order valence-corrected chi connectivity index (χ3v) is 6.22. The summed E-state index contributed by atoms with van der Waals surface area (Å²) in [6.07, 6.45) is 0. The second-order valence-electron chi connectivity index (χ2n) is 8.04. The number of hydrogen-bond acceptors (Lipinski definition) is 0. The van der Waals surface area contributed by atoms with Crippen molar-refractivity contribution >= 4 is 33.2 Å². The van der Waals surface area contributed by atoms with Crippen LogP contribution < -0.4 is 4.48 Å². The van der Waals surface area contributed by atoms with Gasteiger partial charge in [0, 0.05) is 34.0 Å². The van der Waals surface area contributed by atoms with Crippen molar-refractivity contribution in [1.29, 1.82) is 0 Å².